The molecule has 0 aliphatic rings. The molecule has 1 N–H and O–H groups in total. The smallest absolute Gasteiger partial charge is 0.214 e. The monoisotopic (exact) mass is 234 g/mol. The molecule has 1 aromatic rings. The second kappa shape index (κ2) is 4.37. The zero-order chi connectivity index (χ0) is 10.8. The number of aromatic nitrogens is 1. The lowest BCUT2D eigenvalue weighted by molar-refractivity contribution is 0.572. The molecule has 0 fully saturated rings. The van der Waals surface area contributed by atoms with Crippen molar-refractivity contribution in [2.45, 2.75) is 32.6 Å². The van der Waals surface area contributed by atoms with Crippen LogP contribution in [-0.2, 0) is 16.6 Å². The van der Waals surface area contributed by atoms with Gasteiger partial charge < -0.3 is 0 Å². The normalized spacial score (nSPS) is 12.3. The zero-order valence-electron chi connectivity index (χ0n) is 8.44. The molecule has 4 nitrogen and oxygen atoms in total. The summed E-state index contributed by atoms with van der Waals surface area (Å²) in [5, 5.41) is 0.398. The van der Waals surface area contributed by atoms with E-state index in [9.17, 15) is 8.42 Å². The predicted octanol–water partition coefficient (Wildman–Crippen LogP) is 1.28. The topological polar surface area (TPSA) is 59.1 Å². The first-order chi connectivity index (χ1) is 6.42. The van der Waals surface area contributed by atoms with E-state index in [0.717, 1.165) is 9.88 Å². The summed E-state index contributed by atoms with van der Waals surface area (Å²) in [5.41, 5.74) is 0. The number of nitrogens with one attached hydrogen (secondary N) is 1. The van der Waals surface area contributed by atoms with Gasteiger partial charge in [-0.15, -0.1) is 11.3 Å². The molecule has 1 aromatic heterocycles. The van der Waals surface area contributed by atoms with E-state index in [1.165, 1.54) is 11.3 Å². The molecule has 1 heterocycles. The van der Waals surface area contributed by atoms with E-state index < -0.39 is 15.3 Å². The molecule has 1 rings (SSSR count). The Hall–Kier alpha value is -0.460. The molecule has 0 saturated carbocycles. The predicted molar refractivity (Wildman–Crippen MR) is 57.7 cm³/mol. The summed E-state index contributed by atoms with van der Waals surface area (Å²) in [4.78, 5) is 5.16. The Kier molecular flexibility index (Phi) is 3.63. The number of aryl methyl sites for hydroxylation is 1. The van der Waals surface area contributed by atoms with E-state index in [2.05, 4.69) is 9.71 Å². The molecule has 0 spiro atoms. The minimum atomic E-state index is -3.17. The largest absolute Gasteiger partial charge is 0.248 e. The van der Waals surface area contributed by atoms with Crippen molar-refractivity contribution >= 4 is 21.4 Å². The van der Waals surface area contributed by atoms with Gasteiger partial charge in [0, 0.05) is 11.1 Å². The highest BCUT2D eigenvalue weighted by molar-refractivity contribution is 7.90. The van der Waals surface area contributed by atoms with Crippen molar-refractivity contribution in [2.75, 3.05) is 0 Å². The maximum atomic E-state index is 11.4. The summed E-state index contributed by atoms with van der Waals surface area (Å²) in [7, 11) is -3.17. The van der Waals surface area contributed by atoms with Crippen molar-refractivity contribution < 1.29 is 8.42 Å². The molecule has 80 valence electrons. The fraction of sp³-hybridized carbons (Fsp3) is 0.625. The number of sulfonamides is 1. The Bertz CT molecular complexity index is 395. The Balaban J connectivity index is 2.57. The van der Waals surface area contributed by atoms with Crippen molar-refractivity contribution in [3.8, 4) is 0 Å². The van der Waals surface area contributed by atoms with Gasteiger partial charge in [-0.1, -0.05) is 0 Å². The lowest BCUT2D eigenvalue weighted by Gasteiger charge is -2.07. The van der Waals surface area contributed by atoms with Gasteiger partial charge >= 0.3 is 0 Å². The van der Waals surface area contributed by atoms with E-state index in [0.29, 0.717) is 6.54 Å². The van der Waals surface area contributed by atoms with Crippen LogP contribution in [0.15, 0.2) is 6.20 Å². The van der Waals surface area contributed by atoms with Gasteiger partial charge in [0.15, 0.2) is 0 Å². The summed E-state index contributed by atoms with van der Waals surface area (Å²) in [6, 6.07) is 0. The van der Waals surface area contributed by atoms with Crippen molar-refractivity contribution in [3.05, 3.63) is 16.1 Å². The number of hydrogen-bond donors (Lipinski definition) is 1. The number of nitrogens with zero attached hydrogens (tertiary/aromatic N) is 1. The highest BCUT2D eigenvalue weighted by Gasteiger charge is 2.15. The third-order valence-corrected chi connectivity index (χ3v) is 4.41. The van der Waals surface area contributed by atoms with Crippen LogP contribution in [0.3, 0.4) is 0 Å². The second-order valence-electron chi connectivity index (χ2n) is 3.28. The first kappa shape index (κ1) is 11.6. The molecular formula is C8H14N2O2S2. The number of hydrogen-bond acceptors (Lipinski definition) is 4. The Morgan fingerprint density at radius 2 is 2.21 bits per heavy atom. The highest BCUT2D eigenvalue weighted by atomic mass is 32.2. The highest BCUT2D eigenvalue weighted by Crippen LogP contribution is 2.11. The Morgan fingerprint density at radius 1 is 1.57 bits per heavy atom. The van der Waals surface area contributed by atoms with Gasteiger partial charge in [0.25, 0.3) is 0 Å². The molecule has 0 amide bonds. The zero-order valence-corrected chi connectivity index (χ0v) is 10.1. The average molecular weight is 234 g/mol. The minimum Gasteiger partial charge on any atom is -0.248 e. The van der Waals surface area contributed by atoms with Gasteiger partial charge in [0.1, 0.15) is 5.01 Å². The van der Waals surface area contributed by atoms with Gasteiger partial charge in [0.05, 0.1) is 11.8 Å². The van der Waals surface area contributed by atoms with Crippen LogP contribution in [-0.4, -0.2) is 18.7 Å². The standard InChI is InChI=1S/C8H14N2O2S2/c1-6(2)14(11,12)10-5-8-9-4-7(3)13-8/h4,6,10H,5H2,1-3H3. The van der Waals surface area contributed by atoms with Crippen molar-refractivity contribution in [3.63, 3.8) is 0 Å². The molecule has 0 aromatic carbocycles. The van der Waals surface area contributed by atoms with Gasteiger partial charge in [-0.05, 0) is 20.8 Å². The molecule has 0 radical (unpaired) electrons. The quantitative estimate of drug-likeness (QED) is 0.853. The lowest BCUT2D eigenvalue weighted by atomic mass is 10.6. The fourth-order valence-corrected chi connectivity index (χ4v) is 2.30. The van der Waals surface area contributed by atoms with Crippen molar-refractivity contribution in [1.29, 1.82) is 0 Å². The van der Waals surface area contributed by atoms with Crippen LogP contribution in [0.1, 0.15) is 23.7 Å². The maximum absolute atomic E-state index is 11.4. The molecule has 0 unspecified atom stereocenters. The van der Waals surface area contributed by atoms with E-state index in [-0.39, 0.29) is 0 Å². The SMILES string of the molecule is Cc1cnc(CNS(=O)(=O)C(C)C)s1. The van der Waals surface area contributed by atoms with Crippen LogP contribution in [0.25, 0.3) is 0 Å². The summed E-state index contributed by atoms with van der Waals surface area (Å²) < 4.78 is 25.3. The third kappa shape index (κ3) is 3.04. The molecule has 0 saturated heterocycles. The summed E-state index contributed by atoms with van der Waals surface area (Å²) in [5.74, 6) is 0. The van der Waals surface area contributed by atoms with Crippen LogP contribution in [0, 0.1) is 6.92 Å². The fourth-order valence-electron chi connectivity index (χ4n) is 0.812. The van der Waals surface area contributed by atoms with Gasteiger partial charge in [-0.25, -0.2) is 18.1 Å². The minimum absolute atomic E-state index is 0.291. The maximum Gasteiger partial charge on any atom is 0.214 e. The van der Waals surface area contributed by atoms with Crippen molar-refractivity contribution in [2.24, 2.45) is 0 Å². The Morgan fingerprint density at radius 3 is 2.64 bits per heavy atom. The third-order valence-electron chi connectivity index (χ3n) is 1.71. The lowest BCUT2D eigenvalue weighted by Crippen LogP contribution is -2.30. The molecule has 0 aliphatic carbocycles. The average Bonchev–Trinajstić information content (AvgIpc) is 2.48. The number of thiazole rings is 1. The van der Waals surface area contributed by atoms with Crippen LogP contribution < -0.4 is 4.72 Å². The first-order valence-corrected chi connectivity index (χ1v) is 6.68. The summed E-state index contributed by atoms with van der Waals surface area (Å²) >= 11 is 1.50. The van der Waals surface area contributed by atoms with Crippen LogP contribution in [0.5, 0.6) is 0 Å². The number of rotatable bonds is 4. The molecule has 0 atom stereocenters. The van der Waals surface area contributed by atoms with Crippen molar-refractivity contribution in [1.82, 2.24) is 9.71 Å². The van der Waals surface area contributed by atoms with Gasteiger partial charge in [-0.2, -0.15) is 0 Å². The molecule has 6 heteroatoms. The molecular weight excluding hydrogens is 220 g/mol. The molecule has 14 heavy (non-hydrogen) atoms. The summed E-state index contributed by atoms with van der Waals surface area (Å²) in [6.45, 7) is 5.53. The first-order valence-electron chi connectivity index (χ1n) is 4.31. The van der Waals surface area contributed by atoms with Gasteiger partial charge in [0.2, 0.25) is 10.0 Å². The van der Waals surface area contributed by atoms with E-state index >= 15 is 0 Å². The summed E-state index contributed by atoms with van der Waals surface area (Å²) in [6.07, 6.45) is 1.74. The Labute approximate surface area is 88.4 Å². The van der Waals surface area contributed by atoms with Crippen LogP contribution in [0.2, 0.25) is 0 Å². The van der Waals surface area contributed by atoms with E-state index in [1.54, 1.807) is 20.0 Å². The second-order valence-corrected chi connectivity index (χ2v) is 6.92. The molecule has 0 bridgehead atoms. The van der Waals surface area contributed by atoms with Crippen LogP contribution in [0.4, 0.5) is 0 Å². The molecule has 0 aliphatic heterocycles. The van der Waals surface area contributed by atoms with E-state index in [1.807, 2.05) is 6.92 Å². The van der Waals surface area contributed by atoms with Crippen LogP contribution >= 0.6 is 11.3 Å². The van der Waals surface area contributed by atoms with E-state index in [4.69, 9.17) is 0 Å². The van der Waals surface area contributed by atoms with Gasteiger partial charge in [-0.3, -0.25) is 0 Å².